The van der Waals surface area contributed by atoms with Crippen molar-refractivity contribution in [3.05, 3.63) is 0 Å². The summed E-state index contributed by atoms with van der Waals surface area (Å²) in [6, 6.07) is 0. The third-order valence-corrected chi connectivity index (χ3v) is 1.78. The van der Waals surface area contributed by atoms with Crippen LogP contribution in [0.5, 0.6) is 0 Å². The Labute approximate surface area is 97.2 Å². The molecule has 0 saturated carbocycles. The van der Waals surface area contributed by atoms with Gasteiger partial charge in [0.2, 0.25) is 0 Å². The van der Waals surface area contributed by atoms with Crippen molar-refractivity contribution in [2.24, 2.45) is 0 Å². The van der Waals surface area contributed by atoms with Crippen LogP contribution >= 0.6 is 0 Å². The third kappa shape index (κ3) is 83.0. The van der Waals surface area contributed by atoms with E-state index >= 15 is 0 Å². The molecule has 0 aromatic rings. The van der Waals surface area contributed by atoms with E-state index in [0.29, 0.717) is 6.10 Å². The summed E-state index contributed by atoms with van der Waals surface area (Å²) in [4.78, 5) is 0. The van der Waals surface area contributed by atoms with E-state index in [1.807, 2.05) is 0 Å². The highest BCUT2D eigenvalue weighted by Crippen LogP contribution is 1.89. The monoisotopic (exact) mass is 222 g/mol. The first-order chi connectivity index (χ1) is 6.27. The van der Waals surface area contributed by atoms with Crippen LogP contribution in [0.15, 0.2) is 0 Å². The predicted octanol–water partition coefficient (Wildman–Crippen LogP) is 1.12. The minimum absolute atomic E-state index is 0.167. The molecule has 1 atom stereocenters. The second-order valence-electron chi connectivity index (χ2n) is 3.64. The smallest absolute Gasteiger partial charge is 0.410 e. The van der Waals surface area contributed by atoms with Crippen LogP contribution in [0.1, 0.15) is 48.0 Å². The van der Waals surface area contributed by atoms with Gasteiger partial charge in [0.15, 0.2) is 0 Å². The normalized spacial score (nSPS) is 11.3. The summed E-state index contributed by atoms with van der Waals surface area (Å²) in [5.74, 6) is 0. The van der Waals surface area contributed by atoms with E-state index in [9.17, 15) is 0 Å². The van der Waals surface area contributed by atoms with E-state index in [0.717, 1.165) is 23.0 Å². The Morgan fingerprint density at radius 1 is 1.00 bits per heavy atom. The molecule has 0 heterocycles. The van der Waals surface area contributed by atoms with Gasteiger partial charge in [0, 0.05) is 18.3 Å². The van der Waals surface area contributed by atoms with E-state index in [4.69, 9.17) is 14.0 Å². The Balaban J connectivity index is -0.000000135. The standard InChI is InChI=1S/C4H9O.2C3H8O.Al.2H/c1-3-4(2)5;2*1-3(2)4;;;/h4H,3H2,1-2H3;2*3-4H,1-2H3;;;/q-1;;;+1;;. The topological polar surface area (TPSA) is 49.7 Å². The summed E-state index contributed by atoms with van der Waals surface area (Å²) in [7, 11) is 0. The zero-order chi connectivity index (χ0) is 12.1. The van der Waals surface area contributed by atoms with Gasteiger partial charge in [0.25, 0.3) is 0 Å². The average Bonchev–Trinajstić information content (AvgIpc) is 2.01. The van der Waals surface area contributed by atoms with Gasteiger partial charge in [-0.25, -0.2) is 0 Å². The molecule has 1 unspecified atom stereocenters. The molecule has 0 rings (SSSR count). The SMILES string of the molecule is CC(C)O.CC(C)O.CCC(C)[O][AlH2]. The van der Waals surface area contributed by atoms with Gasteiger partial charge in [-0.1, -0.05) is 6.92 Å². The number of hydrogen-bond acceptors (Lipinski definition) is 3. The molecular weight excluding hydrogens is 195 g/mol. The van der Waals surface area contributed by atoms with Crippen LogP contribution in [0, 0.1) is 0 Å². The fourth-order valence-corrected chi connectivity index (χ4v) is 0.500. The lowest BCUT2D eigenvalue weighted by molar-refractivity contribution is 0.215. The molecule has 0 aliphatic rings. The van der Waals surface area contributed by atoms with Gasteiger partial charge in [-0.15, -0.1) is 0 Å². The summed E-state index contributed by atoms with van der Waals surface area (Å²) in [5, 5.41) is 16.1. The van der Waals surface area contributed by atoms with Gasteiger partial charge in [-0.05, 0) is 41.0 Å². The average molecular weight is 222 g/mol. The van der Waals surface area contributed by atoms with Crippen LogP contribution < -0.4 is 0 Å². The molecule has 0 spiro atoms. The zero-order valence-electron chi connectivity index (χ0n) is 10.7. The van der Waals surface area contributed by atoms with Crippen LogP contribution in [0.4, 0.5) is 0 Å². The first-order valence-electron chi connectivity index (χ1n) is 5.16. The molecule has 0 bridgehead atoms. The largest absolute Gasteiger partial charge is 0.504 e. The maximum atomic E-state index is 8.06. The van der Waals surface area contributed by atoms with Crippen LogP contribution in [-0.2, 0) is 3.79 Å². The summed E-state index contributed by atoms with van der Waals surface area (Å²) in [6.07, 6.45) is 1.31. The molecular formula is C10H27AlO3. The minimum atomic E-state index is -0.167. The lowest BCUT2D eigenvalue weighted by atomic mass is 10.3. The number of hydrogen-bond donors (Lipinski definition) is 2. The third-order valence-electron chi connectivity index (χ3n) is 0.977. The van der Waals surface area contributed by atoms with E-state index in [-0.39, 0.29) is 12.2 Å². The summed E-state index contributed by atoms with van der Waals surface area (Å²) >= 11 is 0.882. The molecule has 3 nitrogen and oxygen atoms in total. The maximum absolute atomic E-state index is 8.06. The van der Waals surface area contributed by atoms with E-state index in [1.165, 1.54) is 0 Å². The van der Waals surface area contributed by atoms with Crippen LogP contribution in [0.25, 0.3) is 0 Å². The van der Waals surface area contributed by atoms with Gasteiger partial charge in [0.1, 0.15) is 0 Å². The Hall–Kier alpha value is 0.412. The number of aliphatic hydroxyl groups excluding tert-OH is 2. The minimum Gasteiger partial charge on any atom is -0.504 e. The van der Waals surface area contributed by atoms with Gasteiger partial charge in [-0.3, -0.25) is 0 Å². The van der Waals surface area contributed by atoms with Crippen molar-refractivity contribution in [2.45, 2.75) is 66.3 Å². The Bertz CT molecular complexity index is 71.9. The molecule has 0 amide bonds. The van der Waals surface area contributed by atoms with E-state index < -0.39 is 0 Å². The quantitative estimate of drug-likeness (QED) is 0.688. The first kappa shape index (κ1) is 19.9. The summed E-state index contributed by atoms with van der Waals surface area (Å²) in [5.41, 5.74) is 0. The lowest BCUT2D eigenvalue weighted by Crippen LogP contribution is -2.01. The van der Waals surface area contributed by atoms with Gasteiger partial charge in [-0.2, -0.15) is 0 Å². The Morgan fingerprint density at radius 2 is 1.21 bits per heavy atom. The summed E-state index contributed by atoms with van der Waals surface area (Å²) < 4.78 is 5.04. The predicted molar refractivity (Wildman–Crippen MR) is 64.1 cm³/mol. The second kappa shape index (κ2) is 15.9. The highest BCUT2D eigenvalue weighted by molar-refractivity contribution is 5.98. The molecule has 0 aliphatic carbocycles. The fraction of sp³-hybridized carbons (Fsp3) is 1.00. The Kier molecular flexibility index (Phi) is 22.6. The molecule has 88 valence electrons. The van der Waals surface area contributed by atoms with Gasteiger partial charge >= 0.3 is 16.6 Å². The second-order valence-corrected chi connectivity index (χ2v) is 4.11. The van der Waals surface area contributed by atoms with Gasteiger partial charge in [0.05, 0.1) is 0 Å². The van der Waals surface area contributed by atoms with Crippen molar-refractivity contribution in [2.75, 3.05) is 0 Å². The van der Waals surface area contributed by atoms with Crippen molar-refractivity contribution in [1.29, 1.82) is 0 Å². The molecule has 0 aromatic heterocycles. The molecule has 2 N–H and O–H groups in total. The lowest BCUT2D eigenvalue weighted by Gasteiger charge is -2.04. The number of rotatable bonds is 2. The molecule has 14 heavy (non-hydrogen) atoms. The van der Waals surface area contributed by atoms with Crippen LogP contribution in [-0.4, -0.2) is 45.1 Å². The van der Waals surface area contributed by atoms with Crippen LogP contribution in [0.3, 0.4) is 0 Å². The van der Waals surface area contributed by atoms with Crippen molar-refractivity contribution in [3.8, 4) is 0 Å². The van der Waals surface area contributed by atoms with E-state index in [1.54, 1.807) is 27.7 Å². The van der Waals surface area contributed by atoms with Crippen molar-refractivity contribution in [1.82, 2.24) is 0 Å². The van der Waals surface area contributed by atoms with Gasteiger partial charge < -0.3 is 14.0 Å². The van der Waals surface area contributed by atoms with Crippen LogP contribution in [0.2, 0.25) is 0 Å². The van der Waals surface area contributed by atoms with E-state index in [2.05, 4.69) is 13.8 Å². The first-order valence-corrected chi connectivity index (χ1v) is 5.98. The van der Waals surface area contributed by atoms with Crippen molar-refractivity contribution in [3.63, 3.8) is 0 Å². The zero-order valence-corrected chi connectivity index (χ0v) is 12.7. The molecule has 0 aromatic carbocycles. The Morgan fingerprint density at radius 3 is 1.21 bits per heavy atom. The fourth-order valence-electron chi connectivity index (χ4n) is 0.167. The summed E-state index contributed by atoms with van der Waals surface area (Å²) in [6.45, 7) is 11.1. The molecule has 0 fully saturated rings. The molecule has 0 saturated heterocycles. The van der Waals surface area contributed by atoms with Crippen molar-refractivity contribution < 1.29 is 14.0 Å². The molecule has 0 radical (unpaired) electrons. The highest BCUT2D eigenvalue weighted by Gasteiger charge is 1.87. The molecule has 4 heteroatoms. The number of aliphatic hydroxyl groups is 2. The molecule has 0 aliphatic heterocycles. The van der Waals surface area contributed by atoms with Crippen molar-refractivity contribution >= 4 is 16.6 Å². The highest BCUT2D eigenvalue weighted by atomic mass is 27.1. The maximum Gasteiger partial charge on any atom is 0.410 e.